The molecule has 0 saturated heterocycles. The third-order valence-electron chi connectivity index (χ3n) is 4.15. The Labute approximate surface area is 155 Å². The molecule has 0 aliphatic heterocycles. The quantitative estimate of drug-likeness (QED) is 0.447. The molecule has 4 nitrogen and oxygen atoms in total. The molecule has 8 heteroatoms. The molecule has 0 fully saturated rings. The molecule has 0 unspecified atom stereocenters. The highest BCUT2D eigenvalue weighted by Crippen LogP contribution is 2.29. The van der Waals surface area contributed by atoms with Gasteiger partial charge in [-0.15, -0.1) is 11.3 Å². The van der Waals surface area contributed by atoms with Crippen molar-refractivity contribution in [1.29, 1.82) is 0 Å². The van der Waals surface area contributed by atoms with Crippen LogP contribution in [-0.4, -0.2) is 20.5 Å². The van der Waals surface area contributed by atoms with E-state index in [0.29, 0.717) is 27.0 Å². The summed E-state index contributed by atoms with van der Waals surface area (Å²) in [6.07, 6.45) is 0.143. The highest BCUT2D eigenvalue weighted by atomic mass is 32.1. The van der Waals surface area contributed by atoms with E-state index in [9.17, 15) is 18.0 Å². The second kappa shape index (κ2) is 6.96. The van der Waals surface area contributed by atoms with E-state index in [1.807, 2.05) is 5.38 Å². The molecule has 0 N–H and O–H groups in total. The Balaban J connectivity index is 1.72. The first-order valence-electron chi connectivity index (χ1n) is 7.99. The number of carbonyl (C=O) groups is 1. The van der Waals surface area contributed by atoms with Crippen molar-refractivity contribution in [3.05, 3.63) is 70.4 Å². The third-order valence-corrected chi connectivity index (χ3v) is 5.06. The van der Waals surface area contributed by atoms with Crippen molar-refractivity contribution in [2.75, 3.05) is 0 Å². The van der Waals surface area contributed by atoms with Gasteiger partial charge in [0, 0.05) is 11.8 Å². The van der Waals surface area contributed by atoms with Gasteiger partial charge in [0.05, 0.1) is 22.2 Å². The van der Waals surface area contributed by atoms with Crippen molar-refractivity contribution in [2.45, 2.75) is 13.0 Å². The Kier molecular flexibility index (Phi) is 4.49. The van der Waals surface area contributed by atoms with Crippen molar-refractivity contribution < 1.29 is 18.0 Å². The monoisotopic (exact) mass is 387 g/mol. The van der Waals surface area contributed by atoms with Crippen molar-refractivity contribution in [1.82, 2.24) is 14.8 Å². The Morgan fingerprint density at radius 1 is 1.15 bits per heavy atom. The lowest BCUT2D eigenvalue weighted by Crippen LogP contribution is -2.10. The number of rotatable bonds is 5. The van der Waals surface area contributed by atoms with E-state index in [4.69, 9.17) is 0 Å². The smallest absolute Gasteiger partial charge is 0.266 e. The van der Waals surface area contributed by atoms with Crippen molar-refractivity contribution in [3.8, 4) is 11.1 Å². The van der Waals surface area contributed by atoms with Gasteiger partial charge in [-0.1, -0.05) is 12.1 Å². The molecule has 3 heterocycles. The summed E-state index contributed by atoms with van der Waals surface area (Å²) < 4.78 is 41.0. The fourth-order valence-electron chi connectivity index (χ4n) is 2.78. The van der Waals surface area contributed by atoms with Gasteiger partial charge < -0.3 is 0 Å². The van der Waals surface area contributed by atoms with Crippen LogP contribution in [0.25, 0.3) is 22.2 Å². The molecule has 0 saturated carbocycles. The first-order valence-corrected chi connectivity index (χ1v) is 8.87. The van der Waals surface area contributed by atoms with Crippen molar-refractivity contribution >= 4 is 28.2 Å². The standard InChI is InChI=1S/C19H12F3N3OS/c20-14-4-3-11(6-13(14)19(21)22)12-7-16-15(23-8-12)9-24-25(16)10-17(26)18-2-1-5-27-18/h1-9,19H,10H2. The van der Waals surface area contributed by atoms with E-state index >= 15 is 0 Å². The van der Waals surface area contributed by atoms with Gasteiger partial charge in [0.2, 0.25) is 0 Å². The number of benzene rings is 1. The predicted octanol–water partition coefficient (Wildman–Crippen LogP) is 5.12. The van der Waals surface area contributed by atoms with Crippen LogP contribution < -0.4 is 0 Å². The summed E-state index contributed by atoms with van der Waals surface area (Å²) in [7, 11) is 0. The van der Waals surface area contributed by atoms with Gasteiger partial charge in [-0.2, -0.15) is 5.10 Å². The van der Waals surface area contributed by atoms with Gasteiger partial charge in [0.1, 0.15) is 17.9 Å². The van der Waals surface area contributed by atoms with Gasteiger partial charge >= 0.3 is 0 Å². The summed E-state index contributed by atoms with van der Waals surface area (Å²) in [5.74, 6) is -1.03. The summed E-state index contributed by atoms with van der Waals surface area (Å²) in [4.78, 5) is 17.2. The van der Waals surface area contributed by atoms with E-state index < -0.39 is 17.8 Å². The van der Waals surface area contributed by atoms with Crippen LogP contribution in [0.4, 0.5) is 13.2 Å². The molecule has 0 bridgehead atoms. The summed E-state index contributed by atoms with van der Waals surface area (Å²) in [5.41, 5.74) is 1.47. The Morgan fingerprint density at radius 2 is 2.00 bits per heavy atom. The Morgan fingerprint density at radius 3 is 2.74 bits per heavy atom. The molecule has 4 rings (SSSR count). The molecule has 0 atom stereocenters. The number of hydrogen-bond acceptors (Lipinski definition) is 4. The predicted molar refractivity (Wildman–Crippen MR) is 96.5 cm³/mol. The van der Waals surface area contributed by atoms with Crippen LogP contribution in [0.1, 0.15) is 21.7 Å². The Hall–Kier alpha value is -3.00. The highest BCUT2D eigenvalue weighted by Gasteiger charge is 2.16. The molecular weight excluding hydrogens is 375 g/mol. The molecule has 0 spiro atoms. The number of fused-ring (bicyclic) bond motifs is 1. The second-order valence-electron chi connectivity index (χ2n) is 5.87. The molecule has 3 aromatic heterocycles. The zero-order chi connectivity index (χ0) is 19.0. The maximum atomic E-state index is 13.5. The number of hydrogen-bond donors (Lipinski definition) is 0. The van der Waals surface area contributed by atoms with Crippen molar-refractivity contribution in [3.63, 3.8) is 0 Å². The van der Waals surface area contributed by atoms with Gasteiger partial charge in [-0.3, -0.25) is 14.5 Å². The number of thiophene rings is 1. The molecule has 0 amide bonds. The number of alkyl halides is 2. The van der Waals surface area contributed by atoms with Crippen molar-refractivity contribution in [2.24, 2.45) is 0 Å². The topological polar surface area (TPSA) is 47.8 Å². The number of aromatic nitrogens is 3. The number of halogens is 3. The van der Waals surface area contributed by atoms with E-state index in [2.05, 4.69) is 10.1 Å². The van der Waals surface area contributed by atoms with Gasteiger partial charge in [0.15, 0.2) is 5.78 Å². The third kappa shape index (κ3) is 3.35. The molecule has 136 valence electrons. The summed E-state index contributed by atoms with van der Waals surface area (Å²) in [5, 5.41) is 6.02. The number of ketones is 1. The molecule has 27 heavy (non-hydrogen) atoms. The summed E-state index contributed by atoms with van der Waals surface area (Å²) in [6.45, 7) is 0.0425. The highest BCUT2D eigenvalue weighted by molar-refractivity contribution is 7.12. The summed E-state index contributed by atoms with van der Waals surface area (Å²) >= 11 is 1.35. The maximum absolute atomic E-state index is 13.5. The van der Waals surface area contributed by atoms with Crippen LogP contribution in [-0.2, 0) is 6.54 Å². The molecule has 0 radical (unpaired) electrons. The van der Waals surface area contributed by atoms with Gasteiger partial charge in [0.25, 0.3) is 6.43 Å². The molecule has 4 aromatic rings. The van der Waals surface area contributed by atoms with Gasteiger partial charge in [-0.25, -0.2) is 13.2 Å². The number of Topliss-reactive ketones (excluding diaryl/α,β-unsaturated/α-hetero) is 1. The molecule has 0 aliphatic carbocycles. The number of nitrogens with zero attached hydrogens (tertiary/aromatic N) is 3. The van der Waals surface area contributed by atoms with E-state index in [-0.39, 0.29) is 12.3 Å². The first-order chi connectivity index (χ1) is 13.0. The first kappa shape index (κ1) is 17.4. The zero-order valence-corrected chi connectivity index (χ0v) is 14.6. The lowest BCUT2D eigenvalue weighted by molar-refractivity contribution is 0.0973. The molecular formula is C19H12F3N3OS. The normalized spacial score (nSPS) is 11.4. The lowest BCUT2D eigenvalue weighted by atomic mass is 10.0. The SMILES string of the molecule is O=C(Cn1ncc2ncc(-c3ccc(F)c(C(F)F)c3)cc21)c1cccs1. The maximum Gasteiger partial charge on any atom is 0.266 e. The largest absolute Gasteiger partial charge is 0.291 e. The van der Waals surface area contributed by atoms with Crippen LogP contribution in [0.5, 0.6) is 0 Å². The number of pyridine rings is 1. The molecule has 1 aromatic carbocycles. The lowest BCUT2D eigenvalue weighted by Gasteiger charge is -2.07. The zero-order valence-electron chi connectivity index (χ0n) is 13.8. The van der Waals surface area contributed by atoms with Crippen LogP contribution >= 0.6 is 11.3 Å². The van der Waals surface area contributed by atoms with Crippen LogP contribution in [0, 0.1) is 5.82 Å². The fraction of sp³-hybridized carbons (Fsp3) is 0.105. The average molecular weight is 387 g/mol. The average Bonchev–Trinajstić information content (AvgIpc) is 3.32. The number of carbonyl (C=O) groups excluding carboxylic acids is 1. The van der Waals surface area contributed by atoms with E-state index in [0.717, 1.165) is 12.1 Å². The van der Waals surface area contributed by atoms with Crippen LogP contribution in [0.15, 0.2) is 54.2 Å². The summed E-state index contributed by atoms with van der Waals surface area (Å²) in [6, 6.07) is 8.79. The van der Waals surface area contributed by atoms with E-state index in [1.54, 1.807) is 18.2 Å². The minimum absolute atomic E-state index is 0.0425. The molecule has 0 aliphatic rings. The van der Waals surface area contributed by atoms with E-state index in [1.165, 1.54) is 34.5 Å². The van der Waals surface area contributed by atoms with Crippen LogP contribution in [0.2, 0.25) is 0 Å². The van der Waals surface area contributed by atoms with Crippen LogP contribution in [0.3, 0.4) is 0 Å². The fourth-order valence-corrected chi connectivity index (χ4v) is 3.44. The minimum atomic E-state index is -2.91. The van der Waals surface area contributed by atoms with Gasteiger partial charge in [-0.05, 0) is 35.2 Å². The second-order valence-corrected chi connectivity index (χ2v) is 6.82. The minimum Gasteiger partial charge on any atom is -0.291 e. The Bertz CT molecular complexity index is 1120.